The number of carbonyl (C=O) groups excluding carboxylic acids is 1. The first kappa shape index (κ1) is 10.4. The molecule has 2 heteroatoms. The smallest absolute Gasteiger partial charge is 0.161 e. The van der Waals surface area contributed by atoms with Crippen molar-refractivity contribution in [3.05, 3.63) is 11.4 Å². The van der Waals surface area contributed by atoms with Gasteiger partial charge >= 0.3 is 0 Å². The summed E-state index contributed by atoms with van der Waals surface area (Å²) >= 11 is 0. The Morgan fingerprint density at radius 1 is 1.38 bits per heavy atom. The Kier molecular flexibility index (Phi) is 2.89. The number of carbonyl (C=O) groups is 1. The molecule has 0 aromatic heterocycles. The van der Waals surface area contributed by atoms with Gasteiger partial charge in [0.15, 0.2) is 5.78 Å². The van der Waals surface area contributed by atoms with E-state index in [1.165, 1.54) is 0 Å². The number of hydrogen-bond donors (Lipinski definition) is 0. The molecule has 0 spiro atoms. The molecule has 0 N–H and O–H groups in total. The Morgan fingerprint density at radius 2 is 2.00 bits per heavy atom. The van der Waals surface area contributed by atoms with Crippen LogP contribution in [0, 0.1) is 5.41 Å². The lowest BCUT2D eigenvalue weighted by molar-refractivity contribution is -0.117. The SMILES string of the molecule is CC(C)(C)CC(=O)C1=C(F)CCC1. The van der Waals surface area contributed by atoms with Crippen molar-refractivity contribution in [2.45, 2.75) is 46.5 Å². The minimum Gasteiger partial charge on any atom is -0.294 e. The van der Waals surface area contributed by atoms with Crippen LogP contribution in [0.15, 0.2) is 11.4 Å². The van der Waals surface area contributed by atoms with Gasteiger partial charge in [0.25, 0.3) is 0 Å². The summed E-state index contributed by atoms with van der Waals surface area (Å²) in [7, 11) is 0. The van der Waals surface area contributed by atoms with Crippen LogP contribution in [0.5, 0.6) is 0 Å². The first-order chi connectivity index (χ1) is 5.90. The molecule has 0 radical (unpaired) electrons. The first-order valence-corrected chi connectivity index (χ1v) is 4.81. The number of hydrogen-bond acceptors (Lipinski definition) is 1. The second-order valence-electron chi connectivity index (χ2n) is 4.90. The Balaban J connectivity index is 2.64. The van der Waals surface area contributed by atoms with Crippen LogP contribution in [0.4, 0.5) is 4.39 Å². The molecule has 1 rings (SSSR count). The fourth-order valence-electron chi connectivity index (χ4n) is 1.59. The third kappa shape index (κ3) is 2.94. The van der Waals surface area contributed by atoms with Gasteiger partial charge in [-0.1, -0.05) is 20.8 Å². The zero-order chi connectivity index (χ0) is 10.1. The van der Waals surface area contributed by atoms with Gasteiger partial charge in [0.05, 0.1) is 0 Å². The van der Waals surface area contributed by atoms with E-state index in [0.29, 0.717) is 24.8 Å². The second-order valence-corrected chi connectivity index (χ2v) is 4.90. The lowest BCUT2D eigenvalue weighted by atomic mass is 9.87. The summed E-state index contributed by atoms with van der Waals surface area (Å²) in [6.07, 6.45) is 2.36. The van der Waals surface area contributed by atoms with Crippen molar-refractivity contribution in [1.29, 1.82) is 0 Å². The third-order valence-electron chi connectivity index (χ3n) is 2.18. The molecule has 0 heterocycles. The maximum atomic E-state index is 13.1. The number of Topliss-reactive ketones (excluding diaryl/α,β-unsaturated/α-hetero) is 1. The lowest BCUT2D eigenvalue weighted by Gasteiger charge is -2.16. The molecule has 0 aromatic carbocycles. The average molecular weight is 184 g/mol. The van der Waals surface area contributed by atoms with E-state index in [-0.39, 0.29) is 17.0 Å². The highest BCUT2D eigenvalue weighted by Gasteiger charge is 2.24. The molecule has 13 heavy (non-hydrogen) atoms. The number of ketones is 1. The van der Waals surface area contributed by atoms with Crippen LogP contribution in [0.3, 0.4) is 0 Å². The van der Waals surface area contributed by atoms with Crippen molar-refractivity contribution < 1.29 is 9.18 Å². The van der Waals surface area contributed by atoms with Crippen molar-refractivity contribution >= 4 is 5.78 Å². The predicted octanol–water partition coefficient (Wildman–Crippen LogP) is 3.40. The minimum atomic E-state index is -0.172. The maximum absolute atomic E-state index is 13.1. The van der Waals surface area contributed by atoms with E-state index < -0.39 is 0 Å². The molecule has 0 aliphatic heterocycles. The van der Waals surface area contributed by atoms with Crippen LogP contribution < -0.4 is 0 Å². The van der Waals surface area contributed by atoms with Crippen molar-refractivity contribution in [3.63, 3.8) is 0 Å². The summed E-state index contributed by atoms with van der Waals surface area (Å²) in [4.78, 5) is 11.6. The van der Waals surface area contributed by atoms with E-state index in [1.54, 1.807) is 0 Å². The fraction of sp³-hybridized carbons (Fsp3) is 0.727. The van der Waals surface area contributed by atoms with Crippen LogP contribution in [0.2, 0.25) is 0 Å². The van der Waals surface area contributed by atoms with Crippen LogP contribution in [0.1, 0.15) is 46.5 Å². The average Bonchev–Trinajstić information content (AvgIpc) is 2.30. The molecule has 0 unspecified atom stereocenters. The van der Waals surface area contributed by atoms with Crippen molar-refractivity contribution in [3.8, 4) is 0 Å². The standard InChI is InChI=1S/C11H17FO/c1-11(2,3)7-10(13)8-5-4-6-9(8)12/h4-7H2,1-3H3. The molecule has 0 saturated heterocycles. The Bertz CT molecular complexity index is 245. The van der Waals surface area contributed by atoms with Crippen LogP contribution >= 0.6 is 0 Å². The fourth-order valence-corrected chi connectivity index (χ4v) is 1.59. The largest absolute Gasteiger partial charge is 0.294 e. The lowest BCUT2D eigenvalue weighted by Crippen LogP contribution is -2.14. The van der Waals surface area contributed by atoms with E-state index >= 15 is 0 Å². The van der Waals surface area contributed by atoms with E-state index in [0.717, 1.165) is 6.42 Å². The van der Waals surface area contributed by atoms with E-state index in [9.17, 15) is 9.18 Å². The summed E-state index contributed by atoms with van der Waals surface area (Å²) in [6.45, 7) is 5.99. The Labute approximate surface area is 79.0 Å². The maximum Gasteiger partial charge on any atom is 0.161 e. The van der Waals surface area contributed by atoms with Gasteiger partial charge < -0.3 is 0 Å². The van der Waals surface area contributed by atoms with Crippen LogP contribution in [0.25, 0.3) is 0 Å². The Hall–Kier alpha value is -0.660. The van der Waals surface area contributed by atoms with Crippen LogP contribution in [-0.4, -0.2) is 5.78 Å². The van der Waals surface area contributed by atoms with E-state index in [4.69, 9.17) is 0 Å². The van der Waals surface area contributed by atoms with Crippen molar-refractivity contribution in [1.82, 2.24) is 0 Å². The first-order valence-electron chi connectivity index (χ1n) is 4.81. The molecule has 0 fully saturated rings. The Morgan fingerprint density at radius 3 is 2.38 bits per heavy atom. The number of allylic oxidation sites excluding steroid dienone is 2. The summed E-state index contributed by atoms with van der Waals surface area (Å²) < 4.78 is 13.1. The highest BCUT2D eigenvalue weighted by Crippen LogP contribution is 2.31. The normalized spacial score (nSPS) is 18.2. The van der Waals surface area contributed by atoms with E-state index in [2.05, 4.69) is 0 Å². The molecule has 0 aromatic rings. The second kappa shape index (κ2) is 3.60. The van der Waals surface area contributed by atoms with E-state index in [1.807, 2.05) is 20.8 Å². The molecule has 0 saturated carbocycles. The zero-order valence-electron chi connectivity index (χ0n) is 8.61. The molecule has 1 nitrogen and oxygen atoms in total. The molecular formula is C11H17FO. The van der Waals surface area contributed by atoms with Gasteiger partial charge in [-0.25, -0.2) is 4.39 Å². The molecular weight excluding hydrogens is 167 g/mol. The molecule has 1 aliphatic rings. The van der Waals surface area contributed by atoms with Crippen LogP contribution in [-0.2, 0) is 4.79 Å². The summed E-state index contributed by atoms with van der Waals surface area (Å²) in [6, 6.07) is 0. The molecule has 0 amide bonds. The van der Waals surface area contributed by atoms with Gasteiger partial charge in [-0.15, -0.1) is 0 Å². The predicted molar refractivity (Wildman–Crippen MR) is 51.1 cm³/mol. The van der Waals surface area contributed by atoms with Gasteiger partial charge in [0, 0.05) is 12.0 Å². The van der Waals surface area contributed by atoms with Gasteiger partial charge in [-0.2, -0.15) is 0 Å². The number of rotatable bonds is 2. The summed E-state index contributed by atoms with van der Waals surface area (Å²) in [5.41, 5.74) is 0.419. The zero-order valence-corrected chi connectivity index (χ0v) is 8.61. The minimum absolute atomic E-state index is 0.00231. The van der Waals surface area contributed by atoms with Gasteiger partial charge in [-0.3, -0.25) is 4.79 Å². The third-order valence-corrected chi connectivity index (χ3v) is 2.18. The van der Waals surface area contributed by atoms with Gasteiger partial charge in [-0.05, 0) is 24.7 Å². The summed E-state index contributed by atoms with van der Waals surface area (Å²) in [5, 5.41) is 0. The van der Waals surface area contributed by atoms with Crippen molar-refractivity contribution in [2.24, 2.45) is 5.41 Å². The number of halogens is 1. The monoisotopic (exact) mass is 184 g/mol. The topological polar surface area (TPSA) is 17.1 Å². The van der Waals surface area contributed by atoms with Gasteiger partial charge in [0.1, 0.15) is 5.83 Å². The molecule has 1 aliphatic carbocycles. The highest BCUT2D eigenvalue weighted by molar-refractivity contribution is 5.96. The molecule has 0 atom stereocenters. The molecule has 0 bridgehead atoms. The van der Waals surface area contributed by atoms with Gasteiger partial charge in [0.2, 0.25) is 0 Å². The highest BCUT2D eigenvalue weighted by atomic mass is 19.1. The molecule has 74 valence electrons. The quantitative estimate of drug-likeness (QED) is 0.642. The summed E-state index contributed by atoms with van der Waals surface area (Å²) in [5.74, 6) is -0.170. The van der Waals surface area contributed by atoms with Crippen molar-refractivity contribution in [2.75, 3.05) is 0 Å².